The van der Waals surface area contributed by atoms with E-state index in [-0.39, 0.29) is 0 Å². The lowest BCUT2D eigenvalue weighted by atomic mass is 9.82. The van der Waals surface area contributed by atoms with Crippen LogP contribution in [-0.4, -0.2) is 11.1 Å². The van der Waals surface area contributed by atoms with E-state index >= 15 is 0 Å². The van der Waals surface area contributed by atoms with Gasteiger partial charge in [-0.15, -0.1) is 0 Å². The second-order valence-corrected chi connectivity index (χ2v) is 5.66. The molecule has 3 rings (SSSR count). The van der Waals surface area contributed by atoms with E-state index in [1.807, 2.05) is 18.2 Å². The first-order valence-corrected chi connectivity index (χ1v) is 6.87. The monoisotopic (exact) mass is 231 g/mol. The van der Waals surface area contributed by atoms with Gasteiger partial charge in [0.25, 0.3) is 0 Å². The minimum absolute atomic E-state index is 0.351. The number of nitrogens with one attached hydrogen (secondary N) is 1. The van der Waals surface area contributed by atoms with Crippen LogP contribution in [0.1, 0.15) is 38.5 Å². The fourth-order valence-electron chi connectivity index (χ4n) is 3.19. The van der Waals surface area contributed by atoms with Crippen molar-refractivity contribution in [1.29, 1.82) is 0 Å². The molecule has 0 heterocycles. The molecule has 2 fully saturated rings. The maximum atomic E-state index is 9.45. The van der Waals surface area contributed by atoms with Crippen LogP contribution < -0.4 is 5.32 Å². The fourth-order valence-corrected chi connectivity index (χ4v) is 3.19. The molecular formula is C15H21NO. The van der Waals surface area contributed by atoms with Crippen molar-refractivity contribution in [3.63, 3.8) is 0 Å². The van der Waals surface area contributed by atoms with E-state index < -0.39 is 0 Å². The van der Waals surface area contributed by atoms with E-state index in [0.29, 0.717) is 11.8 Å². The van der Waals surface area contributed by atoms with Gasteiger partial charge < -0.3 is 10.4 Å². The first kappa shape index (κ1) is 10.9. The topological polar surface area (TPSA) is 32.3 Å². The summed E-state index contributed by atoms with van der Waals surface area (Å²) in [5, 5.41) is 13.0. The highest BCUT2D eigenvalue weighted by Gasteiger charge is 2.34. The average molecular weight is 231 g/mol. The van der Waals surface area contributed by atoms with E-state index in [2.05, 4.69) is 5.32 Å². The van der Waals surface area contributed by atoms with Crippen molar-refractivity contribution >= 4 is 5.69 Å². The minimum Gasteiger partial charge on any atom is -0.508 e. The molecule has 0 aliphatic heterocycles. The number of benzene rings is 1. The van der Waals surface area contributed by atoms with Crippen molar-refractivity contribution in [2.24, 2.45) is 11.8 Å². The second kappa shape index (κ2) is 4.59. The summed E-state index contributed by atoms with van der Waals surface area (Å²) in [7, 11) is 0. The van der Waals surface area contributed by atoms with Gasteiger partial charge in [-0.2, -0.15) is 0 Å². The van der Waals surface area contributed by atoms with Gasteiger partial charge in [0.15, 0.2) is 0 Å². The normalized spacial score (nSPS) is 28.9. The highest BCUT2D eigenvalue weighted by molar-refractivity contribution is 5.48. The molecule has 0 unspecified atom stereocenters. The van der Waals surface area contributed by atoms with Crippen LogP contribution in [0.3, 0.4) is 0 Å². The Morgan fingerprint density at radius 1 is 1.06 bits per heavy atom. The van der Waals surface area contributed by atoms with Gasteiger partial charge in [-0.05, 0) is 49.7 Å². The van der Waals surface area contributed by atoms with Crippen molar-refractivity contribution < 1.29 is 5.11 Å². The van der Waals surface area contributed by atoms with Crippen molar-refractivity contribution in [3.05, 3.63) is 24.3 Å². The Kier molecular flexibility index (Phi) is 2.96. The predicted molar refractivity (Wildman–Crippen MR) is 70.2 cm³/mol. The van der Waals surface area contributed by atoms with Crippen LogP contribution in [-0.2, 0) is 0 Å². The van der Waals surface area contributed by atoms with Gasteiger partial charge in [0, 0.05) is 17.8 Å². The summed E-state index contributed by atoms with van der Waals surface area (Å²) in [6.45, 7) is 0. The van der Waals surface area contributed by atoms with Crippen LogP contribution >= 0.6 is 0 Å². The SMILES string of the molecule is Oc1cccc(N[C@@H]2CCC[C@@H](C3CC3)C2)c1. The number of phenols is 1. The van der Waals surface area contributed by atoms with Crippen LogP contribution in [0.2, 0.25) is 0 Å². The molecule has 2 aliphatic carbocycles. The smallest absolute Gasteiger partial charge is 0.117 e. The van der Waals surface area contributed by atoms with Crippen LogP contribution in [0.5, 0.6) is 5.75 Å². The zero-order valence-electron chi connectivity index (χ0n) is 10.2. The number of aromatic hydroxyl groups is 1. The van der Waals surface area contributed by atoms with E-state index in [1.54, 1.807) is 6.07 Å². The molecule has 0 bridgehead atoms. The van der Waals surface area contributed by atoms with Gasteiger partial charge in [-0.25, -0.2) is 0 Å². The van der Waals surface area contributed by atoms with Crippen molar-refractivity contribution in [3.8, 4) is 5.75 Å². The number of rotatable bonds is 3. The molecule has 2 saturated carbocycles. The summed E-state index contributed by atoms with van der Waals surface area (Å²) in [5.41, 5.74) is 1.06. The Morgan fingerprint density at radius 3 is 2.71 bits per heavy atom. The zero-order chi connectivity index (χ0) is 11.7. The van der Waals surface area contributed by atoms with E-state index in [0.717, 1.165) is 17.5 Å². The highest BCUT2D eigenvalue weighted by atomic mass is 16.3. The van der Waals surface area contributed by atoms with Crippen LogP contribution in [0, 0.1) is 11.8 Å². The maximum Gasteiger partial charge on any atom is 0.117 e. The molecule has 2 heteroatoms. The lowest BCUT2D eigenvalue weighted by molar-refractivity contribution is 0.303. The molecule has 92 valence electrons. The van der Waals surface area contributed by atoms with Crippen molar-refractivity contribution in [2.45, 2.75) is 44.6 Å². The lowest BCUT2D eigenvalue weighted by Gasteiger charge is -2.30. The van der Waals surface area contributed by atoms with Gasteiger partial charge in [0.1, 0.15) is 5.75 Å². The summed E-state index contributed by atoms with van der Waals surface area (Å²) in [4.78, 5) is 0. The third-order valence-corrected chi connectivity index (χ3v) is 4.22. The number of phenolic OH excluding ortho intramolecular Hbond substituents is 1. The average Bonchev–Trinajstić information content (AvgIpc) is 3.13. The van der Waals surface area contributed by atoms with E-state index in [9.17, 15) is 5.11 Å². The Bertz CT molecular complexity index is 386. The highest BCUT2D eigenvalue weighted by Crippen LogP contribution is 2.44. The van der Waals surface area contributed by atoms with E-state index in [1.165, 1.54) is 38.5 Å². The molecule has 0 saturated heterocycles. The summed E-state index contributed by atoms with van der Waals surface area (Å²) in [6.07, 6.45) is 8.31. The number of hydrogen-bond acceptors (Lipinski definition) is 2. The molecule has 2 N–H and O–H groups in total. The Balaban J connectivity index is 1.60. The summed E-state index contributed by atoms with van der Waals surface area (Å²) < 4.78 is 0. The van der Waals surface area contributed by atoms with Crippen molar-refractivity contribution in [2.75, 3.05) is 5.32 Å². The van der Waals surface area contributed by atoms with Gasteiger partial charge >= 0.3 is 0 Å². The van der Waals surface area contributed by atoms with Gasteiger partial charge in [0.2, 0.25) is 0 Å². The molecule has 2 aliphatic rings. The number of hydrogen-bond donors (Lipinski definition) is 2. The largest absolute Gasteiger partial charge is 0.508 e. The first-order valence-electron chi connectivity index (χ1n) is 6.87. The molecule has 1 aromatic rings. The Morgan fingerprint density at radius 2 is 1.94 bits per heavy atom. The minimum atomic E-state index is 0.351. The maximum absolute atomic E-state index is 9.45. The molecule has 2 nitrogen and oxygen atoms in total. The second-order valence-electron chi connectivity index (χ2n) is 5.66. The van der Waals surface area contributed by atoms with Crippen LogP contribution in [0.15, 0.2) is 24.3 Å². The molecule has 17 heavy (non-hydrogen) atoms. The molecule has 0 aromatic heterocycles. The predicted octanol–water partition coefficient (Wildman–Crippen LogP) is 3.77. The molecule has 2 atom stereocenters. The lowest BCUT2D eigenvalue weighted by Crippen LogP contribution is -2.28. The molecule has 0 amide bonds. The first-order chi connectivity index (χ1) is 8.31. The summed E-state index contributed by atoms with van der Waals surface area (Å²) in [6, 6.07) is 8.09. The van der Waals surface area contributed by atoms with Crippen LogP contribution in [0.4, 0.5) is 5.69 Å². The molecule has 0 spiro atoms. The Labute approximate surface area is 103 Å². The zero-order valence-corrected chi connectivity index (χ0v) is 10.2. The molecule has 0 radical (unpaired) electrons. The van der Waals surface area contributed by atoms with E-state index in [4.69, 9.17) is 0 Å². The van der Waals surface area contributed by atoms with Gasteiger partial charge in [-0.3, -0.25) is 0 Å². The standard InChI is InChI=1S/C15H21NO/c17-15-6-2-5-14(10-15)16-13-4-1-3-12(9-13)11-7-8-11/h2,5-6,10-13,16-17H,1,3-4,7-9H2/t12-,13-/m1/s1. The molecule has 1 aromatic carbocycles. The Hall–Kier alpha value is -1.18. The van der Waals surface area contributed by atoms with Gasteiger partial charge in [0.05, 0.1) is 0 Å². The third kappa shape index (κ3) is 2.74. The third-order valence-electron chi connectivity index (χ3n) is 4.22. The number of anilines is 1. The summed E-state index contributed by atoms with van der Waals surface area (Å²) in [5.74, 6) is 2.34. The van der Waals surface area contributed by atoms with Gasteiger partial charge in [-0.1, -0.05) is 18.9 Å². The molecular weight excluding hydrogens is 210 g/mol. The summed E-state index contributed by atoms with van der Waals surface area (Å²) >= 11 is 0. The fraction of sp³-hybridized carbons (Fsp3) is 0.600. The van der Waals surface area contributed by atoms with Crippen LogP contribution in [0.25, 0.3) is 0 Å². The van der Waals surface area contributed by atoms with Crippen molar-refractivity contribution in [1.82, 2.24) is 0 Å². The quantitative estimate of drug-likeness (QED) is 0.830.